The van der Waals surface area contributed by atoms with Gasteiger partial charge in [-0.25, -0.2) is 0 Å². The first-order chi connectivity index (χ1) is 21.5. The molecule has 7 rings (SSSR count). The molecule has 0 saturated heterocycles. The Hall–Kier alpha value is -4.77. The molecule has 0 saturated carbocycles. The molecular formula is C38H31O4PSi. The zero-order valence-electron chi connectivity index (χ0n) is 23.8. The molecule has 0 aliphatic heterocycles. The van der Waals surface area contributed by atoms with Crippen molar-refractivity contribution in [3.63, 3.8) is 0 Å². The molecule has 0 radical (unpaired) electrons. The highest BCUT2D eigenvalue weighted by Crippen LogP contribution is 2.40. The van der Waals surface area contributed by atoms with Crippen molar-refractivity contribution in [2.45, 2.75) is 0 Å². The van der Waals surface area contributed by atoms with Gasteiger partial charge in [-0.05, 0) is 53.9 Å². The molecule has 216 valence electrons. The molecule has 0 spiro atoms. The number of hydrogen-bond acceptors (Lipinski definition) is 2. The first kappa shape index (κ1) is 29.3. The molecule has 0 heterocycles. The zero-order valence-corrected chi connectivity index (χ0v) is 25.8. The first-order valence-corrected chi connectivity index (χ1v) is 17.6. The lowest BCUT2D eigenvalue weighted by molar-refractivity contribution is 0.405. The first-order valence-electron chi connectivity index (χ1n) is 14.3. The van der Waals surface area contributed by atoms with Crippen molar-refractivity contribution in [1.29, 1.82) is 0 Å². The van der Waals surface area contributed by atoms with Crippen molar-refractivity contribution in [2.75, 3.05) is 0 Å². The van der Waals surface area contributed by atoms with Crippen LogP contribution in [0.5, 0.6) is 5.75 Å². The van der Waals surface area contributed by atoms with Crippen molar-refractivity contribution in [3.8, 4) is 16.9 Å². The molecule has 4 nitrogen and oxygen atoms in total. The van der Waals surface area contributed by atoms with Crippen molar-refractivity contribution in [3.05, 3.63) is 164 Å². The van der Waals surface area contributed by atoms with Crippen LogP contribution in [-0.4, -0.2) is 23.0 Å². The summed E-state index contributed by atoms with van der Waals surface area (Å²) in [5.74, 6) is 0.299. The van der Waals surface area contributed by atoms with Gasteiger partial charge < -0.3 is 14.9 Å². The van der Waals surface area contributed by atoms with Gasteiger partial charge in [0, 0.05) is 5.56 Å². The van der Waals surface area contributed by atoms with Crippen LogP contribution < -0.4 is 20.7 Å². The summed E-state index contributed by atoms with van der Waals surface area (Å²) < 4.78 is 8.74. The highest BCUT2D eigenvalue weighted by molar-refractivity contribution is 7.30. The van der Waals surface area contributed by atoms with Gasteiger partial charge in [0.2, 0.25) is 0 Å². The summed E-state index contributed by atoms with van der Waals surface area (Å²) in [5, 5.41) is 21.3. The minimum Gasteiger partial charge on any atom is -0.507 e. The maximum absolute atomic E-state index is 11.6. The van der Waals surface area contributed by atoms with E-state index < -0.39 is 16.3 Å². The lowest BCUT2D eigenvalue weighted by atomic mass is 9.93. The molecule has 0 fully saturated rings. The van der Waals surface area contributed by atoms with E-state index in [1.807, 2.05) is 12.1 Å². The molecule has 0 unspecified atom stereocenters. The Bertz CT molecular complexity index is 1970. The molecule has 7 aromatic carbocycles. The van der Waals surface area contributed by atoms with E-state index >= 15 is 0 Å². The number of fused-ring (bicyclic) bond motifs is 2. The van der Waals surface area contributed by atoms with Crippen LogP contribution in [-0.2, 0) is 4.57 Å². The van der Waals surface area contributed by atoms with E-state index in [9.17, 15) is 5.11 Å². The molecule has 44 heavy (non-hydrogen) atoms. The summed E-state index contributed by atoms with van der Waals surface area (Å²) in [7, 11) is -6.00. The predicted octanol–water partition coefficient (Wildman–Crippen LogP) is 6.10. The van der Waals surface area contributed by atoms with Crippen molar-refractivity contribution >= 4 is 58.6 Å². The highest BCUT2D eigenvalue weighted by Gasteiger charge is 2.43. The third-order valence-corrected chi connectivity index (χ3v) is 12.9. The molecule has 0 aliphatic rings. The highest BCUT2D eigenvalue weighted by atomic mass is 31.1. The fourth-order valence-electron chi connectivity index (χ4n) is 6.41. The smallest absolute Gasteiger partial charge is 0.314 e. The summed E-state index contributed by atoms with van der Waals surface area (Å²) in [4.78, 5) is 14.3. The molecule has 0 atom stereocenters. The van der Waals surface area contributed by atoms with Gasteiger partial charge in [-0.15, -0.1) is 0 Å². The van der Waals surface area contributed by atoms with E-state index in [-0.39, 0.29) is 0 Å². The molecule has 6 heteroatoms. The molecule has 3 N–H and O–H groups in total. The Labute approximate surface area is 258 Å². The van der Waals surface area contributed by atoms with E-state index in [0.29, 0.717) is 5.75 Å². The normalized spacial score (nSPS) is 11.3. The van der Waals surface area contributed by atoms with E-state index in [4.69, 9.17) is 14.4 Å². The van der Waals surface area contributed by atoms with Gasteiger partial charge in [-0.2, -0.15) is 0 Å². The molecule has 0 aliphatic carbocycles. The van der Waals surface area contributed by atoms with Gasteiger partial charge >= 0.3 is 8.25 Å². The Morgan fingerprint density at radius 2 is 0.795 bits per heavy atom. The molecule has 7 aromatic rings. The monoisotopic (exact) mass is 610 g/mol. The van der Waals surface area contributed by atoms with E-state index in [0.717, 1.165) is 32.7 Å². The van der Waals surface area contributed by atoms with Gasteiger partial charge in [0.1, 0.15) is 5.75 Å². The number of hydrogen-bond donors (Lipinski definition) is 3. The molecule has 0 amide bonds. The average molecular weight is 611 g/mol. The quantitative estimate of drug-likeness (QED) is 0.125. The van der Waals surface area contributed by atoms with Crippen molar-refractivity contribution in [2.24, 2.45) is 0 Å². The largest absolute Gasteiger partial charge is 0.507 e. The predicted molar refractivity (Wildman–Crippen MR) is 186 cm³/mol. The molecular weight excluding hydrogens is 579 g/mol. The van der Waals surface area contributed by atoms with Crippen LogP contribution in [0.4, 0.5) is 0 Å². The van der Waals surface area contributed by atoms with Gasteiger partial charge in [0.05, 0.1) is 0 Å². The van der Waals surface area contributed by atoms with Crippen LogP contribution in [0.25, 0.3) is 32.7 Å². The fraction of sp³-hybridized carbons (Fsp3) is 0. The summed E-state index contributed by atoms with van der Waals surface area (Å²) in [6.45, 7) is 0. The molecule has 0 aromatic heterocycles. The van der Waals surface area contributed by atoms with Crippen LogP contribution in [0.15, 0.2) is 164 Å². The summed E-state index contributed by atoms with van der Waals surface area (Å²) in [5.41, 5.74) is 2.00. The van der Waals surface area contributed by atoms with E-state index in [1.165, 1.54) is 20.7 Å². The van der Waals surface area contributed by atoms with E-state index in [1.54, 1.807) is 0 Å². The number of aromatic hydroxyl groups is 1. The lowest BCUT2D eigenvalue weighted by Crippen LogP contribution is -2.75. The number of benzene rings is 7. The second-order valence-electron chi connectivity index (χ2n) is 10.5. The summed E-state index contributed by atoms with van der Waals surface area (Å²) >= 11 is 0. The van der Waals surface area contributed by atoms with Gasteiger partial charge in [-0.3, -0.25) is 4.57 Å². The maximum Gasteiger partial charge on any atom is 0.314 e. The standard InChI is InChI=1S/C38H28OSi.H3O3P/c39-35-26-24-28-14-10-12-22-33(28)37(35)38-34-23-13-11-15-29(34)25-27-36(38)40(30-16-4-1-5-17-30,31-18-6-2-7-19-31)32-20-8-3-9-21-32;1-4(2)3/h1-27,39H;4H,(H2,1,2,3). The van der Waals surface area contributed by atoms with Crippen LogP contribution >= 0.6 is 8.25 Å². The lowest BCUT2D eigenvalue weighted by Gasteiger charge is -2.36. The third kappa shape index (κ3) is 5.39. The van der Waals surface area contributed by atoms with Gasteiger partial charge in [0.25, 0.3) is 0 Å². The second kappa shape index (κ2) is 12.8. The van der Waals surface area contributed by atoms with Crippen LogP contribution in [0.2, 0.25) is 0 Å². The van der Waals surface area contributed by atoms with E-state index in [2.05, 4.69) is 152 Å². The number of rotatable bonds is 5. The number of phenolic OH excluding ortho intramolecular Hbond substituents is 1. The summed E-state index contributed by atoms with van der Waals surface area (Å²) in [6.07, 6.45) is 0. The Kier molecular flexibility index (Phi) is 8.55. The van der Waals surface area contributed by atoms with Crippen LogP contribution in [0.1, 0.15) is 0 Å². The minimum atomic E-state index is -3.13. The third-order valence-electron chi connectivity index (χ3n) is 8.11. The Morgan fingerprint density at radius 3 is 1.25 bits per heavy atom. The molecule has 0 bridgehead atoms. The maximum atomic E-state index is 11.6. The second-order valence-corrected chi connectivity index (χ2v) is 14.9. The summed E-state index contributed by atoms with van der Waals surface area (Å²) in [6, 6.07) is 58.3. The van der Waals surface area contributed by atoms with Crippen LogP contribution in [0, 0.1) is 0 Å². The van der Waals surface area contributed by atoms with Crippen LogP contribution in [0.3, 0.4) is 0 Å². The van der Waals surface area contributed by atoms with Crippen molar-refractivity contribution in [1.82, 2.24) is 0 Å². The van der Waals surface area contributed by atoms with Gasteiger partial charge in [0.15, 0.2) is 8.07 Å². The zero-order chi connectivity index (χ0) is 30.5. The average Bonchev–Trinajstić information content (AvgIpc) is 3.06. The SMILES string of the molecule is O=[PH](O)O.Oc1ccc2ccccc2c1-c1c([Si](c2ccccc2)(c2ccccc2)c2ccccc2)ccc2ccccc12. The Balaban J connectivity index is 0.000000810. The minimum absolute atomic E-state index is 0.299. The topological polar surface area (TPSA) is 77.8 Å². The fourth-order valence-corrected chi connectivity index (χ4v) is 11.4. The number of phenols is 1. The van der Waals surface area contributed by atoms with Gasteiger partial charge in [-0.1, -0.05) is 158 Å². The Morgan fingerprint density at radius 1 is 0.432 bits per heavy atom. The van der Waals surface area contributed by atoms with Crippen molar-refractivity contribution < 1.29 is 19.5 Å².